The van der Waals surface area contributed by atoms with Gasteiger partial charge in [-0.25, -0.2) is 13.1 Å². The second-order valence-corrected chi connectivity index (χ2v) is 6.88. The van der Waals surface area contributed by atoms with Gasteiger partial charge in [-0.2, -0.15) is 4.39 Å². The molecule has 1 aromatic rings. The molecule has 1 rings (SSSR count). The van der Waals surface area contributed by atoms with Gasteiger partial charge in [0.1, 0.15) is 0 Å². The molecule has 1 unspecified atom stereocenters. The highest BCUT2D eigenvalue weighted by molar-refractivity contribution is 7.89. The minimum absolute atomic E-state index is 0.0130. The second-order valence-electron chi connectivity index (χ2n) is 5.11. The zero-order valence-corrected chi connectivity index (χ0v) is 12.6. The van der Waals surface area contributed by atoms with Crippen molar-refractivity contribution in [1.82, 2.24) is 4.72 Å². The van der Waals surface area contributed by atoms with Gasteiger partial charge in [-0.1, -0.05) is 13.8 Å². The first kappa shape index (κ1) is 17.5. The van der Waals surface area contributed by atoms with Crippen molar-refractivity contribution in [3.05, 3.63) is 34.1 Å². The van der Waals surface area contributed by atoms with Gasteiger partial charge in [0.15, 0.2) is 0 Å². The molecular formula is C12H18FN3O4S. The van der Waals surface area contributed by atoms with Crippen LogP contribution in [0.25, 0.3) is 0 Å². The Balaban J connectivity index is 2.84. The van der Waals surface area contributed by atoms with Crippen LogP contribution in [0.5, 0.6) is 0 Å². The predicted octanol–water partition coefficient (Wildman–Crippen LogP) is 1.39. The first-order valence-corrected chi connectivity index (χ1v) is 7.81. The van der Waals surface area contributed by atoms with E-state index in [1.807, 2.05) is 13.8 Å². The van der Waals surface area contributed by atoms with Gasteiger partial charge in [-0.15, -0.1) is 0 Å². The van der Waals surface area contributed by atoms with E-state index >= 15 is 0 Å². The van der Waals surface area contributed by atoms with Crippen LogP contribution in [0.15, 0.2) is 23.1 Å². The van der Waals surface area contributed by atoms with E-state index in [9.17, 15) is 22.9 Å². The first-order valence-electron chi connectivity index (χ1n) is 6.32. The lowest BCUT2D eigenvalue weighted by molar-refractivity contribution is -0.387. The standard InChI is InChI=1S/C12H18FN3O4S/c1-8(2)5-9(14)7-15-21(19,20)10-3-4-12(16(17)18)11(13)6-10/h3-4,6,8-9,15H,5,7,14H2,1-2H3. The molecule has 0 saturated carbocycles. The Bertz CT molecular complexity index is 619. The van der Waals surface area contributed by atoms with E-state index in [4.69, 9.17) is 5.73 Å². The van der Waals surface area contributed by atoms with Crippen LogP contribution >= 0.6 is 0 Å². The molecule has 0 fully saturated rings. The number of nitro benzene ring substituents is 1. The van der Waals surface area contributed by atoms with Crippen LogP contribution in [0.4, 0.5) is 10.1 Å². The van der Waals surface area contributed by atoms with Crippen molar-refractivity contribution >= 4 is 15.7 Å². The number of hydrogen-bond acceptors (Lipinski definition) is 5. The fourth-order valence-electron chi connectivity index (χ4n) is 1.79. The molecule has 9 heteroatoms. The Kier molecular flexibility index (Phi) is 5.76. The summed E-state index contributed by atoms with van der Waals surface area (Å²) in [5, 5.41) is 10.5. The first-order chi connectivity index (χ1) is 9.63. The predicted molar refractivity (Wildman–Crippen MR) is 75.7 cm³/mol. The molecule has 0 aliphatic carbocycles. The molecule has 0 amide bonds. The second kappa shape index (κ2) is 6.92. The fourth-order valence-corrected chi connectivity index (χ4v) is 2.90. The van der Waals surface area contributed by atoms with Gasteiger partial charge < -0.3 is 5.73 Å². The summed E-state index contributed by atoms with van der Waals surface area (Å²) in [6.45, 7) is 3.93. The van der Waals surface area contributed by atoms with Crippen LogP contribution in [0.3, 0.4) is 0 Å². The lowest BCUT2D eigenvalue weighted by Gasteiger charge is -2.15. The zero-order chi connectivity index (χ0) is 16.2. The van der Waals surface area contributed by atoms with E-state index in [0.29, 0.717) is 18.4 Å². The smallest absolute Gasteiger partial charge is 0.304 e. The summed E-state index contributed by atoms with van der Waals surface area (Å²) >= 11 is 0. The molecule has 0 aliphatic rings. The molecule has 0 aliphatic heterocycles. The fraction of sp³-hybridized carbons (Fsp3) is 0.500. The topological polar surface area (TPSA) is 115 Å². The summed E-state index contributed by atoms with van der Waals surface area (Å²) in [4.78, 5) is 9.19. The van der Waals surface area contributed by atoms with Crippen molar-refractivity contribution in [3.8, 4) is 0 Å². The molecule has 0 radical (unpaired) electrons. The number of hydrogen-bond donors (Lipinski definition) is 2. The number of halogens is 1. The molecule has 1 atom stereocenters. The SMILES string of the molecule is CC(C)CC(N)CNS(=O)(=O)c1ccc([N+](=O)[O-])c(F)c1. The maximum absolute atomic E-state index is 13.4. The maximum atomic E-state index is 13.4. The number of nitrogens with one attached hydrogen (secondary N) is 1. The minimum Gasteiger partial charge on any atom is -0.327 e. The number of sulfonamides is 1. The Labute approximate surface area is 122 Å². The normalized spacial score (nSPS) is 13.4. The summed E-state index contributed by atoms with van der Waals surface area (Å²) in [6, 6.07) is 2.06. The Morgan fingerprint density at radius 1 is 1.43 bits per heavy atom. The van der Waals surface area contributed by atoms with Crippen molar-refractivity contribution in [1.29, 1.82) is 0 Å². The van der Waals surface area contributed by atoms with Crippen molar-refractivity contribution < 1.29 is 17.7 Å². The molecule has 118 valence electrons. The Morgan fingerprint density at radius 3 is 2.52 bits per heavy atom. The molecule has 0 spiro atoms. The third-order valence-corrected chi connectivity index (χ3v) is 4.16. The van der Waals surface area contributed by atoms with Crippen LogP contribution < -0.4 is 10.5 Å². The molecular weight excluding hydrogens is 301 g/mol. The Hall–Kier alpha value is -1.58. The van der Waals surface area contributed by atoms with Gasteiger partial charge in [-0.3, -0.25) is 10.1 Å². The number of benzene rings is 1. The van der Waals surface area contributed by atoms with Crippen LogP contribution in [-0.4, -0.2) is 25.9 Å². The summed E-state index contributed by atoms with van der Waals surface area (Å²) in [5.41, 5.74) is 4.99. The summed E-state index contributed by atoms with van der Waals surface area (Å²) < 4.78 is 39.6. The molecule has 0 saturated heterocycles. The molecule has 21 heavy (non-hydrogen) atoms. The molecule has 7 nitrogen and oxygen atoms in total. The van der Waals surface area contributed by atoms with Gasteiger partial charge in [0.05, 0.1) is 9.82 Å². The average molecular weight is 319 g/mol. The van der Waals surface area contributed by atoms with E-state index in [-0.39, 0.29) is 17.5 Å². The zero-order valence-electron chi connectivity index (χ0n) is 11.7. The summed E-state index contributed by atoms with van der Waals surface area (Å²) in [5.74, 6) is -0.879. The molecule has 1 aromatic carbocycles. The lowest BCUT2D eigenvalue weighted by atomic mass is 10.1. The van der Waals surface area contributed by atoms with Crippen LogP contribution in [-0.2, 0) is 10.0 Å². The monoisotopic (exact) mass is 319 g/mol. The van der Waals surface area contributed by atoms with E-state index in [1.54, 1.807) is 0 Å². The largest absolute Gasteiger partial charge is 0.327 e. The quantitative estimate of drug-likeness (QED) is 0.582. The van der Waals surface area contributed by atoms with Crippen molar-refractivity contribution in [2.45, 2.75) is 31.2 Å². The van der Waals surface area contributed by atoms with E-state index in [0.717, 1.165) is 12.1 Å². The van der Waals surface area contributed by atoms with E-state index in [1.165, 1.54) is 0 Å². The van der Waals surface area contributed by atoms with Crippen molar-refractivity contribution in [2.24, 2.45) is 11.7 Å². The van der Waals surface area contributed by atoms with Crippen LogP contribution in [0, 0.1) is 21.8 Å². The van der Waals surface area contributed by atoms with Gasteiger partial charge in [-0.05, 0) is 18.4 Å². The molecule has 3 N–H and O–H groups in total. The lowest BCUT2D eigenvalue weighted by Crippen LogP contribution is -2.38. The molecule has 0 aromatic heterocycles. The summed E-state index contributed by atoms with van der Waals surface area (Å²) in [6.07, 6.45) is 0.636. The third kappa shape index (κ3) is 5.03. The van der Waals surface area contributed by atoms with E-state index in [2.05, 4.69) is 4.72 Å². The number of nitrogens with two attached hydrogens (primary N) is 1. The summed E-state index contributed by atoms with van der Waals surface area (Å²) in [7, 11) is -3.95. The van der Waals surface area contributed by atoms with Crippen molar-refractivity contribution in [2.75, 3.05) is 6.54 Å². The number of rotatable bonds is 7. The minimum atomic E-state index is -3.95. The van der Waals surface area contributed by atoms with Gasteiger partial charge in [0.25, 0.3) is 0 Å². The number of nitrogens with zero attached hydrogens (tertiary/aromatic N) is 1. The van der Waals surface area contributed by atoms with E-state index < -0.39 is 26.5 Å². The van der Waals surface area contributed by atoms with Gasteiger partial charge >= 0.3 is 5.69 Å². The van der Waals surface area contributed by atoms with Crippen molar-refractivity contribution in [3.63, 3.8) is 0 Å². The van der Waals surface area contributed by atoms with Crippen LogP contribution in [0.1, 0.15) is 20.3 Å². The van der Waals surface area contributed by atoms with Gasteiger partial charge in [0, 0.05) is 24.7 Å². The highest BCUT2D eigenvalue weighted by atomic mass is 32.2. The van der Waals surface area contributed by atoms with Crippen LogP contribution in [0.2, 0.25) is 0 Å². The average Bonchev–Trinajstić information content (AvgIpc) is 2.35. The molecule has 0 bridgehead atoms. The van der Waals surface area contributed by atoms with Gasteiger partial charge in [0.2, 0.25) is 15.8 Å². The highest BCUT2D eigenvalue weighted by Gasteiger charge is 2.21. The Morgan fingerprint density at radius 2 is 2.05 bits per heavy atom. The highest BCUT2D eigenvalue weighted by Crippen LogP contribution is 2.20. The maximum Gasteiger partial charge on any atom is 0.304 e. The molecule has 0 heterocycles. The number of nitro groups is 1. The third-order valence-electron chi connectivity index (χ3n) is 2.74.